The van der Waals surface area contributed by atoms with Gasteiger partial charge in [0, 0.05) is 26.7 Å². The molecule has 0 saturated carbocycles. The summed E-state index contributed by atoms with van der Waals surface area (Å²) in [4.78, 5) is 28.5. The van der Waals surface area contributed by atoms with E-state index in [0.717, 1.165) is 5.56 Å². The third kappa shape index (κ3) is 4.49. The highest BCUT2D eigenvalue weighted by Crippen LogP contribution is 2.19. The number of anilines is 1. The third-order valence-electron chi connectivity index (χ3n) is 4.77. The van der Waals surface area contributed by atoms with Crippen molar-refractivity contribution in [2.45, 2.75) is 26.1 Å². The van der Waals surface area contributed by atoms with Gasteiger partial charge in [0.25, 0.3) is 5.56 Å². The molecule has 2 heterocycles. The molecule has 146 valence electrons. The van der Waals surface area contributed by atoms with Crippen LogP contribution in [0.2, 0.25) is 0 Å². The zero-order chi connectivity index (χ0) is 20.1. The molecule has 3 rings (SSSR count). The molecule has 0 radical (unpaired) electrons. The van der Waals surface area contributed by atoms with Gasteiger partial charge < -0.3 is 14.2 Å². The summed E-state index contributed by atoms with van der Waals surface area (Å²) < 4.78 is 6.52. The Hall–Kier alpha value is -3.35. The van der Waals surface area contributed by atoms with E-state index in [2.05, 4.69) is 5.10 Å². The molecule has 1 amide bonds. The standard InChI is InChI=1S/C21H24N4O3/c1-16(19-10-7-11-28-19)24(3)21(27)15-25-20(26)12-18(13-22-25)23(2)14-17-8-5-4-6-9-17/h4-13,16H,14-15H2,1-3H3. The molecule has 7 heteroatoms. The summed E-state index contributed by atoms with van der Waals surface area (Å²) in [6, 6.07) is 14.8. The highest BCUT2D eigenvalue weighted by Gasteiger charge is 2.20. The van der Waals surface area contributed by atoms with Crippen molar-refractivity contribution in [1.29, 1.82) is 0 Å². The van der Waals surface area contributed by atoms with Crippen LogP contribution in [0.4, 0.5) is 5.69 Å². The fourth-order valence-electron chi connectivity index (χ4n) is 2.88. The molecule has 0 saturated heterocycles. The molecule has 2 aromatic heterocycles. The molecule has 0 aliphatic carbocycles. The molecule has 3 aromatic rings. The molecule has 0 bridgehead atoms. The molecular formula is C21H24N4O3. The van der Waals surface area contributed by atoms with Gasteiger partial charge in [0.2, 0.25) is 5.91 Å². The second-order valence-corrected chi connectivity index (χ2v) is 6.75. The molecule has 1 unspecified atom stereocenters. The summed E-state index contributed by atoms with van der Waals surface area (Å²) in [5.74, 6) is 0.470. The molecule has 7 nitrogen and oxygen atoms in total. The molecule has 0 aliphatic rings. The van der Waals surface area contributed by atoms with E-state index in [1.54, 1.807) is 30.5 Å². The molecule has 28 heavy (non-hydrogen) atoms. The van der Waals surface area contributed by atoms with Gasteiger partial charge in [0.1, 0.15) is 12.3 Å². The van der Waals surface area contributed by atoms with Gasteiger partial charge in [-0.05, 0) is 24.6 Å². The van der Waals surface area contributed by atoms with E-state index < -0.39 is 0 Å². The first-order valence-corrected chi connectivity index (χ1v) is 9.07. The maximum atomic E-state index is 12.5. The fourth-order valence-corrected chi connectivity index (χ4v) is 2.88. The minimum absolute atomic E-state index is 0.122. The van der Waals surface area contributed by atoms with Gasteiger partial charge in [0.15, 0.2) is 0 Å². The Balaban J connectivity index is 1.67. The first kappa shape index (κ1) is 19.4. The average molecular weight is 380 g/mol. The Labute approximate surface area is 163 Å². The maximum absolute atomic E-state index is 12.5. The van der Waals surface area contributed by atoms with Gasteiger partial charge in [-0.3, -0.25) is 9.59 Å². The van der Waals surface area contributed by atoms with Crippen molar-refractivity contribution in [3.63, 3.8) is 0 Å². The van der Waals surface area contributed by atoms with Crippen molar-refractivity contribution in [3.05, 3.63) is 82.7 Å². The molecule has 0 aliphatic heterocycles. The zero-order valence-corrected chi connectivity index (χ0v) is 16.3. The van der Waals surface area contributed by atoms with Crippen LogP contribution in [0, 0.1) is 0 Å². The summed E-state index contributed by atoms with van der Waals surface area (Å²) in [5, 5.41) is 4.18. The smallest absolute Gasteiger partial charge is 0.269 e. The van der Waals surface area contributed by atoms with Crippen LogP contribution in [0.5, 0.6) is 0 Å². The zero-order valence-electron chi connectivity index (χ0n) is 16.3. The van der Waals surface area contributed by atoms with Crippen molar-refractivity contribution >= 4 is 11.6 Å². The van der Waals surface area contributed by atoms with Gasteiger partial charge in [-0.15, -0.1) is 0 Å². The second-order valence-electron chi connectivity index (χ2n) is 6.75. The molecule has 0 N–H and O–H groups in total. The Bertz CT molecular complexity index is 967. The number of amides is 1. The number of aromatic nitrogens is 2. The van der Waals surface area contributed by atoms with E-state index in [0.29, 0.717) is 18.0 Å². The third-order valence-corrected chi connectivity index (χ3v) is 4.77. The van der Waals surface area contributed by atoms with Crippen LogP contribution in [-0.2, 0) is 17.9 Å². The summed E-state index contributed by atoms with van der Waals surface area (Å²) in [5.41, 5.74) is 1.53. The van der Waals surface area contributed by atoms with Crippen molar-refractivity contribution in [3.8, 4) is 0 Å². The Morgan fingerprint density at radius 2 is 1.93 bits per heavy atom. The fraction of sp³-hybridized carbons (Fsp3) is 0.286. The summed E-state index contributed by atoms with van der Waals surface area (Å²) >= 11 is 0. The van der Waals surface area contributed by atoms with Crippen LogP contribution in [0.15, 0.2) is 70.2 Å². The van der Waals surface area contributed by atoms with Crippen LogP contribution in [0.3, 0.4) is 0 Å². The quantitative estimate of drug-likeness (QED) is 0.630. The number of benzene rings is 1. The van der Waals surface area contributed by atoms with Crippen LogP contribution < -0.4 is 10.5 Å². The minimum atomic E-state index is -0.315. The largest absolute Gasteiger partial charge is 0.467 e. The van der Waals surface area contributed by atoms with Crippen molar-refractivity contribution < 1.29 is 9.21 Å². The lowest BCUT2D eigenvalue weighted by Crippen LogP contribution is -2.36. The van der Waals surface area contributed by atoms with E-state index in [-0.39, 0.29) is 24.1 Å². The van der Waals surface area contributed by atoms with Crippen LogP contribution in [-0.4, -0.2) is 34.7 Å². The van der Waals surface area contributed by atoms with Crippen LogP contribution >= 0.6 is 0 Å². The first-order valence-electron chi connectivity index (χ1n) is 9.07. The predicted octanol–water partition coefficient (Wildman–Crippen LogP) is 2.69. The molecule has 1 atom stereocenters. The molecule has 0 spiro atoms. The number of carbonyl (C=O) groups excluding carboxylic acids is 1. The maximum Gasteiger partial charge on any atom is 0.269 e. The summed E-state index contributed by atoms with van der Waals surface area (Å²) in [6.45, 7) is 2.41. The lowest BCUT2D eigenvalue weighted by molar-refractivity contribution is -0.133. The Morgan fingerprint density at radius 1 is 1.18 bits per heavy atom. The van der Waals surface area contributed by atoms with Gasteiger partial charge in [0.05, 0.1) is 24.2 Å². The van der Waals surface area contributed by atoms with Gasteiger partial charge in [-0.2, -0.15) is 5.10 Å². The van der Waals surface area contributed by atoms with Crippen LogP contribution in [0.25, 0.3) is 0 Å². The van der Waals surface area contributed by atoms with Crippen molar-refractivity contribution in [1.82, 2.24) is 14.7 Å². The molecule has 0 fully saturated rings. The van der Waals surface area contributed by atoms with Crippen molar-refractivity contribution in [2.75, 3.05) is 19.0 Å². The summed E-state index contributed by atoms with van der Waals surface area (Å²) in [6.07, 6.45) is 3.18. The lowest BCUT2D eigenvalue weighted by Gasteiger charge is -2.23. The highest BCUT2D eigenvalue weighted by molar-refractivity contribution is 5.76. The van der Waals surface area contributed by atoms with Crippen LogP contribution in [0.1, 0.15) is 24.3 Å². The normalized spacial score (nSPS) is 11.8. The van der Waals surface area contributed by atoms with E-state index in [1.807, 2.05) is 55.3 Å². The van der Waals surface area contributed by atoms with E-state index in [1.165, 1.54) is 10.7 Å². The first-order chi connectivity index (χ1) is 13.5. The molecular weight excluding hydrogens is 356 g/mol. The minimum Gasteiger partial charge on any atom is -0.467 e. The lowest BCUT2D eigenvalue weighted by atomic mass is 10.2. The van der Waals surface area contributed by atoms with Gasteiger partial charge in [-0.1, -0.05) is 30.3 Å². The van der Waals surface area contributed by atoms with Gasteiger partial charge in [-0.25, -0.2) is 4.68 Å². The average Bonchev–Trinajstić information content (AvgIpc) is 3.23. The van der Waals surface area contributed by atoms with Gasteiger partial charge >= 0.3 is 0 Å². The second kappa shape index (κ2) is 8.56. The van der Waals surface area contributed by atoms with E-state index in [9.17, 15) is 9.59 Å². The Kier molecular flexibility index (Phi) is 5.93. The SMILES string of the molecule is CC(c1ccco1)N(C)C(=O)Cn1ncc(N(C)Cc2ccccc2)cc1=O. The molecule has 1 aromatic carbocycles. The highest BCUT2D eigenvalue weighted by atomic mass is 16.3. The summed E-state index contributed by atoms with van der Waals surface area (Å²) in [7, 11) is 3.58. The topological polar surface area (TPSA) is 71.6 Å². The number of likely N-dealkylation sites (N-methyl/N-ethyl adjacent to an activating group) is 1. The predicted molar refractivity (Wildman–Crippen MR) is 107 cm³/mol. The van der Waals surface area contributed by atoms with E-state index >= 15 is 0 Å². The van der Waals surface area contributed by atoms with Crippen molar-refractivity contribution in [2.24, 2.45) is 0 Å². The number of furan rings is 1. The number of hydrogen-bond acceptors (Lipinski definition) is 5. The number of hydrogen-bond donors (Lipinski definition) is 0. The Morgan fingerprint density at radius 3 is 2.57 bits per heavy atom. The monoisotopic (exact) mass is 380 g/mol. The number of carbonyl (C=O) groups is 1. The number of rotatable bonds is 7. The van der Waals surface area contributed by atoms with E-state index in [4.69, 9.17) is 4.42 Å². The number of nitrogens with zero attached hydrogens (tertiary/aromatic N) is 4.